The van der Waals surface area contributed by atoms with Crippen molar-refractivity contribution in [1.82, 2.24) is 5.16 Å². The van der Waals surface area contributed by atoms with Gasteiger partial charge < -0.3 is 14.0 Å². The number of benzene rings is 2. The van der Waals surface area contributed by atoms with Crippen molar-refractivity contribution in [3.05, 3.63) is 64.3 Å². The second kappa shape index (κ2) is 7.31. The molecule has 24 heavy (non-hydrogen) atoms. The van der Waals surface area contributed by atoms with Gasteiger partial charge in [-0.1, -0.05) is 21.1 Å². The van der Waals surface area contributed by atoms with Crippen LogP contribution in [-0.2, 0) is 6.61 Å². The van der Waals surface area contributed by atoms with Gasteiger partial charge in [-0.2, -0.15) is 0 Å². The molecule has 1 aromatic heterocycles. The highest BCUT2D eigenvalue weighted by molar-refractivity contribution is 9.10. The molecule has 0 radical (unpaired) electrons. The molecule has 0 atom stereocenters. The fraction of sp³-hybridized carbons (Fsp3) is 0.111. The van der Waals surface area contributed by atoms with Crippen molar-refractivity contribution in [3.63, 3.8) is 0 Å². The first-order valence-electron chi connectivity index (χ1n) is 7.17. The number of ether oxygens (including phenoxy) is 2. The van der Waals surface area contributed by atoms with Crippen molar-refractivity contribution < 1.29 is 18.8 Å². The zero-order chi connectivity index (χ0) is 16.9. The first kappa shape index (κ1) is 16.3. The molecule has 5 nitrogen and oxygen atoms in total. The van der Waals surface area contributed by atoms with Crippen LogP contribution < -0.4 is 9.47 Å². The summed E-state index contributed by atoms with van der Waals surface area (Å²) in [5.41, 5.74) is 2.10. The standard InChI is InChI=1S/C18H14BrNO4/c1-22-15-5-2-12(3-6-15)17-9-16(24-20-17)11-23-18-7-4-14(19)8-13(18)10-21/h2-10H,11H2,1H3. The van der Waals surface area contributed by atoms with Gasteiger partial charge in [0, 0.05) is 16.1 Å². The minimum atomic E-state index is 0.186. The van der Waals surface area contributed by atoms with Gasteiger partial charge in [-0.3, -0.25) is 4.79 Å². The summed E-state index contributed by atoms with van der Waals surface area (Å²) in [5.74, 6) is 1.85. The Labute approximate surface area is 147 Å². The Hall–Kier alpha value is -2.60. The second-order valence-corrected chi connectivity index (χ2v) is 5.91. The summed E-state index contributed by atoms with van der Waals surface area (Å²) in [6.07, 6.45) is 0.753. The molecule has 0 saturated heterocycles. The molecule has 6 heteroatoms. The Bertz CT molecular complexity index is 842. The maximum atomic E-state index is 11.1. The van der Waals surface area contributed by atoms with Gasteiger partial charge in [0.25, 0.3) is 0 Å². The normalized spacial score (nSPS) is 10.4. The quantitative estimate of drug-likeness (QED) is 0.582. The van der Waals surface area contributed by atoms with Crippen LogP contribution in [0.25, 0.3) is 11.3 Å². The lowest BCUT2D eigenvalue weighted by molar-refractivity contribution is 0.111. The zero-order valence-electron chi connectivity index (χ0n) is 12.9. The Kier molecular flexibility index (Phi) is 4.96. The Morgan fingerprint density at radius 3 is 2.67 bits per heavy atom. The van der Waals surface area contributed by atoms with Crippen molar-refractivity contribution in [2.75, 3.05) is 7.11 Å². The number of methoxy groups -OCH3 is 1. The molecule has 0 aliphatic carbocycles. The van der Waals surface area contributed by atoms with E-state index in [0.29, 0.717) is 22.8 Å². The van der Waals surface area contributed by atoms with E-state index in [2.05, 4.69) is 21.1 Å². The van der Waals surface area contributed by atoms with Crippen LogP contribution in [0.2, 0.25) is 0 Å². The lowest BCUT2D eigenvalue weighted by Crippen LogP contribution is -1.97. The Balaban J connectivity index is 1.71. The highest BCUT2D eigenvalue weighted by Gasteiger charge is 2.09. The number of hydrogen-bond acceptors (Lipinski definition) is 5. The van der Waals surface area contributed by atoms with E-state index < -0.39 is 0 Å². The fourth-order valence-electron chi connectivity index (χ4n) is 2.17. The monoisotopic (exact) mass is 387 g/mol. The molecule has 3 rings (SSSR count). The number of hydrogen-bond donors (Lipinski definition) is 0. The first-order valence-corrected chi connectivity index (χ1v) is 7.96. The molecule has 0 spiro atoms. The summed E-state index contributed by atoms with van der Waals surface area (Å²) in [7, 11) is 1.62. The van der Waals surface area contributed by atoms with Crippen LogP contribution >= 0.6 is 15.9 Å². The number of carbonyl (C=O) groups excluding carboxylic acids is 1. The number of aromatic nitrogens is 1. The topological polar surface area (TPSA) is 61.6 Å². The SMILES string of the molecule is COc1ccc(-c2cc(COc3ccc(Br)cc3C=O)on2)cc1. The largest absolute Gasteiger partial charge is 0.497 e. The highest BCUT2D eigenvalue weighted by atomic mass is 79.9. The molecule has 0 aliphatic rings. The van der Waals surface area contributed by atoms with Gasteiger partial charge in [-0.25, -0.2) is 0 Å². The lowest BCUT2D eigenvalue weighted by Gasteiger charge is -2.06. The number of rotatable bonds is 6. The van der Waals surface area contributed by atoms with Crippen LogP contribution in [0.4, 0.5) is 0 Å². The van der Waals surface area contributed by atoms with Crippen LogP contribution in [-0.4, -0.2) is 18.6 Å². The molecule has 0 saturated carbocycles. The van der Waals surface area contributed by atoms with Gasteiger partial charge in [-0.15, -0.1) is 0 Å². The van der Waals surface area contributed by atoms with E-state index in [-0.39, 0.29) is 6.61 Å². The highest BCUT2D eigenvalue weighted by Crippen LogP contribution is 2.25. The average molecular weight is 388 g/mol. The van der Waals surface area contributed by atoms with Crippen molar-refractivity contribution >= 4 is 22.2 Å². The van der Waals surface area contributed by atoms with E-state index in [1.807, 2.05) is 30.3 Å². The van der Waals surface area contributed by atoms with Gasteiger partial charge in [0.05, 0.1) is 12.7 Å². The third-order valence-corrected chi connectivity index (χ3v) is 3.91. The van der Waals surface area contributed by atoms with Crippen molar-refractivity contribution in [2.24, 2.45) is 0 Å². The second-order valence-electron chi connectivity index (χ2n) is 5.00. The van der Waals surface area contributed by atoms with Crippen LogP contribution in [0.1, 0.15) is 16.1 Å². The van der Waals surface area contributed by atoms with E-state index in [0.717, 1.165) is 22.1 Å². The number of nitrogens with zero attached hydrogens (tertiary/aromatic N) is 1. The molecule has 0 amide bonds. The molecule has 0 N–H and O–H groups in total. The lowest BCUT2D eigenvalue weighted by atomic mass is 10.1. The molecule has 3 aromatic rings. The molecule has 0 unspecified atom stereocenters. The van der Waals surface area contributed by atoms with Crippen LogP contribution in [0.3, 0.4) is 0 Å². The first-order chi connectivity index (χ1) is 11.7. The fourth-order valence-corrected chi connectivity index (χ4v) is 2.55. The number of aldehydes is 1. The minimum absolute atomic E-state index is 0.186. The van der Waals surface area contributed by atoms with Gasteiger partial charge in [0.15, 0.2) is 12.0 Å². The minimum Gasteiger partial charge on any atom is -0.497 e. The molecular formula is C18H14BrNO4. The van der Waals surface area contributed by atoms with E-state index in [9.17, 15) is 4.79 Å². The maximum absolute atomic E-state index is 11.1. The van der Waals surface area contributed by atoms with E-state index in [1.165, 1.54) is 0 Å². The smallest absolute Gasteiger partial charge is 0.174 e. The molecule has 122 valence electrons. The van der Waals surface area contributed by atoms with Crippen molar-refractivity contribution in [3.8, 4) is 22.8 Å². The van der Waals surface area contributed by atoms with Gasteiger partial charge >= 0.3 is 0 Å². The summed E-state index contributed by atoms with van der Waals surface area (Å²) in [6.45, 7) is 0.186. The Morgan fingerprint density at radius 1 is 1.17 bits per heavy atom. The predicted octanol–water partition coefficient (Wildman–Crippen LogP) is 4.50. The van der Waals surface area contributed by atoms with E-state index in [4.69, 9.17) is 14.0 Å². The molecule has 0 bridgehead atoms. The summed E-state index contributed by atoms with van der Waals surface area (Å²) < 4.78 is 16.9. The Morgan fingerprint density at radius 2 is 1.96 bits per heavy atom. The van der Waals surface area contributed by atoms with Crippen molar-refractivity contribution in [2.45, 2.75) is 6.61 Å². The van der Waals surface area contributed by atoms with Crippen LogP contribution in [0.5, 0.6) is 11.5 Å². The number of carbonyl (C=O) groups is 1. The van der Waals surface area contributed by atoms with Crippen molar-refractivity contribution in [1.29, 1.82) is 0 Å². The third kappa shape index (κ3) is 3.65. The van der Waals surface area contributed by atoms with E-state index >= 15 is 0 Å². The molecular weight excluding hydrogens is 374 g/mol. The van der Waals surface area contributed by atoms with Crippen LogP contribution in [0.15, 0.2) is 57.5 Å². The predicted molar refractivity (Wildman–Crippen MR) is 92.4 cm³/mol. The van der Waals surface area contributed by atoms with Gasteiger partial charge in [-0.05, 0) is 42.5 Å². The maximum Gasteiger partial charge on any atom is 0.174 e. The molecule has 0 fully saturated rings. The molecule has 1 heterocycles. The molecule has 2 aromatic carbocycles. The summed E-state index contributed by atoms with van der Waals surface area (Å²) in [6, 6.07) is 14.6. The average Bonchev–Trinajstić information content (AvgIpc) is 3.09. The molecule has 0 aliphatic heterocycles. The van der Waals surface area contributed by atoms with Gasteiger partial charge in [0.1, 0.15) is 23.8 Å². The summed E-state index contributed by atoms with van der Waals surface area (Å²) in [4.78, 5) is 11.1. The number of halogens is 1. The summed E-state index contributed by atoms with van der Waals surface area (Å²) in [5, 5.41) is 4.04. The third-order valence-electron chi connectivity index (χ3n) is 3.41. The van der Waals surface area contributed by atoms with Crippen LogP contribution in [0, 0.1) is 0 Å². The van der Waals surface area contributed by atoms with E-state index in [1.54, 1.807) is 25.3 Å². The summed E-state index contributed by atoms with van der Waals surface area (Å²) >= 11 is 3.32. The zero-order valence-corrected chi connectivity index (χ0v) is 14.4. The van der Waals surface area contributed by atoms with Gasteiger partial charge in [0.2, 0.25) is 0 Å².